The van der Waals surface area contributed by atoms with Crippen molar-refractivity contribution in [3.05, 3.63) is 35.6 Å². The lowest BCUT2D eigenvalue weighted by molar-refractivity contribution is -0.140. The van der Waals surface area contributed by atoms with Crippen molar-refractivity contribution in [2.45, 2.75) is 6.04 Å². The van der Waals surface area contributed by atoms with Crippen LogP contribution in [0.1, 0.15) is 11.6 Å². The Morgan fingerprint density at radius 1 is 1.57 bits per heavy atom. The van der Waals surface area contributed by atoms with Gasteiger partial charge >= 0.3 is 0 Å². The SMILES string of the molecule is CON(C)C(CN)c1cccc(F)c1. The third-order valence-corrected chi connectivity index (χ3v) is 2.18. The monoisotopic (exact) mass is 198 g/mol. The van der Waals surface area contributed by atoms with Crippen molar-refractivity contribution in [3.8, 4) is 0 Å². The summed E-state index contributed by atoms with van der Waals surface area (Å²) in [5.41, 5.74) is 6.40. The lowest BCUT2D eigenvalue weighted by Gasteiger charge is -2.24. The summed E-state index contributed by atoms with van der Waals surface area (Å²) in [6.45, 7) is 0.383. The highest BCUT2D eigenvalue weighted by atomic mass is 19.1. The molecule has 0 saturated heterocycles. The summed E-state index contributed by atoms with van der Waals surface area (Å²) < 4.78 is 12.9. The minimum absolute atomic E-state index is 0.115. The van der Waals surface area contributed by atoms with Crippen LogP contribution in [0.4, 0.5) is 4.39 Å². The van der Waals surface area contributed by atoms with Gasteiger partial charge in [-0.2, -0.15) is 5.06 Å². The smallest absolute Gasteiger partial charge is 0.123 e. The third kappa shape index (κ3) is 2.51. The lowest BCUT2D eigenvalue weighted by Crippen LogP contribution is -2.29. The topological polar surface area (TPSA) is 38.5 Å². The second kappa shape index (κ2) is 5.05. The molecule has 4 heteroatoms. The van der Waals surface area contributed by atoms with E-state index >= 15 is 0 Å². The molecule has 0 radical (unpaired) electrons. The van der Waals surface area contributed by atoms with Gasteiger partial charge < -0.3 is 10.6 Å². The molecule has 0 aliphatic carbocycles. The summed E-state index contributed by atoms with van der Waals surface area (Å²) in [5.74, 6) is -0.259. The predicted molar refractivity (Wildman–Crippen MR) is 53.0 cm³/mol. The van der Waals surface area contributed by atoms with Crippen LogP contribution >= 0.6 is 0 Å². The molecule has 0 saturated carbocycles. The number of hydrogen-bond acceptors (Lipinski definition) is 3. The molecule has 0 amide bonds. The van der Waals surface area contributed by atoms with Gasteiger partial charge in [-0.3, -0.25) is 0 Å². The van der Waals surface area contributed by atoms with E-state index in [-0.39, 0.29) is 11.9 Å². The summed E-state index contributed by atoms with van der Waals surface area (Å²) in [5, 5.41) is 1.61. The van der Waals surface area contributed by atoms with Gasteiger partial charge in [0.05, 0.1) is 13.2 Å². The van der Waals surface area contributed by atoms with E-state index in [9.17, 15) is 4.39 Å². The Balaban J connectivity index is 2.89. The molecule has 0 bridgehead atoms. The van der Waals surface area contributed by atoms with E-state index in [0.717, 1.165) is 5.56 Å². The minimum Gasteiger partial charge on any atom is -0.329 e. The minimum atomic E-state index is -0.259. The summed E-state index contributed by atoms with van der Waals surface area (Å²) >= 11 is 0. The molecule has 1 atom stereocenters. The standard InChI is InChI=1S/C10H15FN2O/c1-13(14-2)10(7-12)8-4-3-5-9(11)6-8/h3-6,10H,7,12H2,1-2H3. The molecule has 14 heavy (non-hydrogen) atoms. The fraction of sp³-hybridized carbons (Fsp3) is 0.400. The maximum absolute atomic E-state index is 12.9. The van der Waals surface area contributed by atoms with Gasteiger partial charge in [-0.1, -0.05) is 12.1 Å². The fourth-order valence-corrected chi connectivity index (χ4v) is 1.34. The first kappa shape index (κ1) is 11.1. The zero-order valence-corrected chi connectivity index (χ0v) is 8.40. The van der Waals surface area contributed by atoms with E-state index in [4.69, 9.17) is 10.6 Å². The number of nitrogens with zero attached hydrogens (tertiary/aromatic N) is 1. The largest absolute Gasteiger partial charge is 0.329 e. The molecule has 1 aromatic carbocycles. The van der Waals surface area contributed by atoms with Crippen LogP contribution in [-0.2, 0) is 4.84 Å². The van der Waals surface area contributed by atoms with E-state index < -0.39 is 0 Å². The molecule has 0 heterocycles. The van der Waals surface area contributed by atoms with Crippen LogP contribution in [0.3, 0.4) is 0 Å². The molecule has 1 rings (SSSR count). The number of likely N-dealkylation sites (N-methyl/N-ethyl adjacent to an activating group) is 1. The van der Waals surface area contributed by atoms with E-state index in [1.54, 1.807) is 25.3 Å². The molecule has 0 fully saturated rings. The Morgan fingerprint density at radius 3 is 2.79 bits per heavy atom. The van der Waals surface area contributed by atoms with Crippen molar-refractivity contribution in [1.29, 1.82) is 0 Å². The number of nitrogens with two attached hydrogens (primary N) is 1. The Hall–Kier alpha value is -0.970. The molecule has 3 nitrogen and oxygen atoms in total. The van der Waals surface area contributed by atoms with Crippen LogP contribution in [0.5, 0.6) is 0 Å². The Morgan fingerprint density at radius 2 is 2.29 bits per heavy atom. The highest BCUT2D eigenvalue weighted by Gasteiger charge is 2.15. The maximum atomic E-state index is 12.9. The van der Waals surface area contributed by atoms with Crippen molar-refractivity contribution in [1.82, 2.24) is 5.06 Å². The lowest BCUT2D eigenvalue weighted by atomic mass is 10.1. The molecular formula is C10H15FN2O. The van der Waals surface area contributed by atoms with Gasteiger partial charge in [0, 0.05) is 13.6 Å². The quantitative estimate of drug-likeness (QED) is 0.741. The number of hydroxylamine groups is 2. The van der Waals surface area contributed by atoms with Gasteiger partial charge in [0.1, 0.15) is 5.82 Å². The van der Waals surface area contributed by atoms with Gasteiger partial charge in [0.25, 0.3) is 0 Å². The van der Waals surface area contributed by atoms with Crippen molar-refractivity contribution in [2.24, 2.45) is 5.73 Å². The number of hydrogen-bond donors (Lipinski definition) is 1. The highest BCUT2D eigenvalue weighted by Crippen LogP contribution is 2.18. The van der Waals surface area contributed by atoms with Crippen LogP contribution in [0.25, 0.3) is 0 Å². The average molecular weight is 198 g/mol. The van der Waals surface area contributed by atoms with Gasteiger partial charge in [-0.15, -0.1) is 0 Å². The summed E-state index contributed by atoms with van der Waals surface area (Å²) in [4.78, 5) is 5.03. The molecule has 1 aromatic rings. The molecule has 0 aliphatic rings. The van der Waals surface area contributed by atoms with Crippen molar-refractivity contribution >= 4 is 0 Å². The molecule has 0 spiro atoms. The Labute approximate surface area is 83.2 Å². The normalized spacial score (nSPS) is 13.2. The van der Waals surface area contributed by atoms with Crippen LogP contribution in [0.2, 0.25) is 0 Å². The number of benzene rings is 1. The number of rotatable bonds is 4. The van der Waals surface area contributed by atoms with E-state index in [0.29, 0.717) is 6.54 Å². The summed E-state index contributed by atoms with van der Waals surface area (Å²) in [6.07, 6.45) is 0. The zero-order valence-electron chi connectivity index (χ0n) is 8.40. The van der Waals surface area contributed by atoms with Crippen LogP contribution < -0.4 is 5.73 Å². The first-order chi connectivity index (χ1) is 6.69. The van der Waals surface area contributed by atoms with Gasteiger partial charge in [-0.05, 0) is 17.7 Å². The maximum Gasteiger partial charge on any atom is 0.123 e. The fourth-order valence-electron chi connectivity index (χ4n) is 1.34. The van der Waals surface area contributed by atoms with E-state index in [2.05, 4.69) is 0 Å². The van der Waals surface area contributed by atoms with E-state index in [1.807, 2.05) is 6.07 Å². The number of halogens is 1. The highest BCUT2D eigenvalue weighted by molar-refractivity contribution is 5.20. The summed E-state index contributed by atoms with van der Waals surface area (Å²) in [7, 11) is 3.32. The van der Waals surface area contributed by atoms with Crippen LogP contribution in [0, 0.1) is 5.82 Å². The Bertz CT molecular complexity index is 293. The molecule has 1 unspecified atom stereocenters. The molecular weight excluding hydrogens is 183 g/mol. The second-order valence-corrected chi connectivity index (χ2v) is 3.04. The van der Waals surface area contributed by atoms with E-state index in [1.165, 1.54) is 12.1 Å². The summed E-state index contributed by atoms with van der Waals surface area (Å²) in [6, 6.07) is 6.25. The van der Waals surface area contributed by atoms with Crippen molar-refractivity contribution in [2.75, 3.05) is 20.7 Å². The first-order valence-corrected chi connectivity index (χ1v) is 4.41. The molecule has 0 aromatic heterocycles. The van der Waals surface area contributed by atoms with Gasteiger partial charge in [-0.25, -0.2) is 4.39 Å². The van der Waals surface area contributed by atoms with Crippen LogP contribution in [-0.4, -0.2) is 25.8 Å². The molecule has 0 aliphatic heterocycles. The van der Waals surface area contributed by atoms with Gasteiger partial charge in [0.2, 0.25) is 0 Å². The first-order valence-electron chi connectivity index (χ1n) is 4.41. The molecule has 2 N–H and O–H groups in total. The Kier molecular flexibility index (Phi) is 4.00. The van der Waals surface area contributed by atoms with Gasteiger partial charge in [0.15, 0.2) is 0 Å². The van der Waals surface area contributed by atoms with Crippen LogP contribution in [0.15, 0.2) is 24.3 Å². The second-order valence-electron chi connectivity index (χ2n) is 3.04. The molecule has 78 valence electrons. The average Bonchev–Trinajstić information content (AvgIpc) is 2.19. The van der Waals surface area contributed by atoms with Crippen molar-refractivity contribution < 1.29 is 9.23 Å². The van der Waals surface area contributed by atoms with Crippen molar-refractivity contribution in [3.63, 3.8) is 0 Å². The predicted octanol–water partition coefficient (Wildman–Crippen LogP) is 1.32. The zero-order chi connectivity index (χ0) is 10.6. The third-order valence-electron chi connectivity index (χ3n) is 2.18.